The van der Waals surface area contributed by atoms with Crippen molar-refractivity contribution in [2.24, 2.45) is 0 Å². The number of rotatable bonds is 3. The highest BCUT2D eigenvalue weighted by atomic mass is 16.6. The highest BCUT2D eigenvalue weighted by Crippen LogP contribution is 2.24. The van der Waals surface area contributed by atoms with Gasteiger partial charge in [-0.1, -0.05) is 0 Å². The third kappa shape index (κ3) is 3.62. The fraction of sp³-hybridized carbons (Fsp3) is 0.667. The highest BCUT2D eigenvalue weighted by molar-refractivity contribution is 5.87. The molecule has 0 aromatic carbocycles. The Labute approximate surface area is 125 Å². The number of hydrogen-bond acceptors (Lipinski definition) is 4. The number of esters is 1. The van der Waals surface area contributed by atoms with E-state index in [4.69, 9.17) is 4.74 Å². The maximum Gasteiger partial charge on any atom is 0.329 e. The van der Waals surface area contributed by atoms with E-state index in [1.807, 2.05) is 20.8 Å². The van der Waals surface area contributed by atoms with Crippen LogP contribution in [0.4, 0.5) is 0 Å². The van der Waals surface area contributed by atoms with Crippen LogP contribution in [0.2, 0.25) is 0 Å². The molecule has 2 rings (SSSR count). The van der Waals surface area contributed by atoms with Crippen LogP contribution in [0.25, 0.3) is 0 Å². The zero-order chi connectivity index (χ0) is 15.6. The van der Waals surface area contributed by atoms with E-state index in [1.165, 1.54) is 0 Å². The average Bonchev–Trinajstić information content (AvgIpc) is 3.05. The number of carbonyl (C=O) groups is 2. The van der Waals surface area contributed by atoms with Crippen LogP contribution in [0, 0.1) is 0 Å². The Hall–Kier alpha value is -1.85. The molecule has 0 spiro atoms. The molecule has 0 bridgehead atoms. The predicted molar refractivity (Wildman–Crippen MR) is 77.5 cm³/mol. The number of hydrogen-bond donors (Lipinski definition) is 0. The molecule has 2 heterocycles. The van der Waals surface area contributed by atoms with Gasteiger partial charge in [-0.25, -0.2) is 4.79 Å². The van der Waals surface area contributed by atoms with E-state index in [-0.39, 0.29) is 11.9 Å². The Morgan fingerprint density at radius 3 is 2.67 bits per heavy atom. The summed E-state index contributed by atoms with van der Waals surface area (Å²) >= 11 is 0. The van der Waals surface area contributed by atoms with Gasteiger partial charge in [0.25, 0.3) is 0 Å². The first kappa shape index (κ1) is 15.5. The van der Waals surface area contributed by atoms with Crippen molar-refractivity contribution in [2.75, 3.05) is 6.54 Å². The third-order valence-corrected chi connectivity index (χ3v) is 3.49. The van der Waals surface area contributed by atoms with Crippen LogP contribution in [0.15, 0.2) is 18.5 Å². The van der Waals surface area contributed by atoms with E-state index in [9.17, 15) is 9.59 Å². The summed E-state index contributed by atoms with van der Waals surface area (Å²) in [4.78, 5) is 26.5. The van der Waals surface area contributed by atoms with Crippen molar-refractivity contribution in [3.8, 4) is 0 Å². The van der Waals surface area contributed by atoms with Gasteiger partial charge in [-0.15, -0.1) is 0 Å². The summed E-state index contributed by atoms with van der Waals surface area (Å²) in [5, 5.41) is 4.09. The van der Waals surface area contributed by atoms with Crippen LogP contribution in [-0.2, 0) is 14.3 Å². The van der Waals surface area contributed by atoms with Gasteiger partial charge < -0.3 is 9.64 Å². The first-order chi connectivity index (χ1) is 9.79. The molecule has 0 radical (unpaired) electrons. The molecule has 1 amide bonds. The fourth-order valence-electron chi connectivity index (χ4n) is 2.51. The molecular weight excluding hydrogens is 270 g/mol. The lowest BCUT2D eigenvalue weighted by molar-refractivity contribution is -0.163. The van der Waals surface area contributed by atoms with Crippen molar-refractivity contribution in [3.63, 3.8) is 0 Å². The molecule has 116 valence electrons. The van der Waals surface area contributed by atoms with Crippen molar-refractivity contribution >= 4 is 11.9 Å². The highest BCUT2D eigenvalue weighted by Gasteiger charge is 2.38. The molecule has 6 heteroatoms. The number of amides is 1. The second-order valence-electron chi connectivity index (χ2n) is 6.39. The Kier molecular flexibility index (Phi) is 4.34. The van der Waals surface area contributed by atoms with E-state index < -0.39 is 17.7 Å². The maximum absolute atomic E-state index is 12.6. The van der Waals surface area contributed by atoms with E-state index in [0.717, 1.165) is 6.42 Å². The normalized spacial score (nSPS) is 20.4. The van der Waals surface area contributed by atoms with Gasteiger partial charge in [0.05, 0.1) is 0 Å². The summed E-state index contributed by atoms with van der Waals surface area (Å²) in [6.07, 6.45) is 4.87. The Morgan fingerprint density at radius 2 is 2.10 bits per heavy atom. The SMILES string of the molecule is CC(C(=O)N1CCC[C@H]1C(=O)OC(C)(C)C)n1cccn1. The van der Waals surface area contributed by atoms with Gasteiger partial charge in [-0.3, -0.25) is 9.48 Å². The van der Waals surface area contributed by atoms with E-state index >= 15 is 0 Å². The Balaban J connectivity index is 2.08. The van der Waals surface area contributed by atoms with E-state index in [2.05, 4.69) is 5.10 Å². The molecule has 21 heavy (non-hydrogen) atoms. The molecule has 0 saturated carbocycles. The monoisotopic (exact) mass is 293 g/mol. The van der Waals surface area contributed by atoms with Gasteiger partial charge in [0.1, 0.15) is 17.7 Å². The fourth-order valence-corrected chi connectivity index (χ4v) is 2.51. The van der Waals surface area contributed by atoms with Gasteiger partial charge >= 0.3 is 5.97 Å². The molecule has 1 aromatic rings. The molecule has 1 aliphatic rings. The first-order valence-corrected chi connectivity index (χ1v) is 7.32. The molecule has 1 fully saturated rings. The molecule has 1 unspecified atom stereocenters. The number of carbonyl (C=O) groups excluding carboxylic acids is 2. The lowest BCUT2D eigenvalue weighted by atomic mass is 10.1. The van der Waals surface area contributed by atoms with Crippen LogP contribution in [0.5, 0.6) is 0 Å². The molecule has 0 N–H and O–H groups in total. The van der Waals surface area contributed by atoms with Crippen molar-refractivity contribution in [1.29, 1.82) is 0 Å². The molecule has 1 saturated heterocycles. The lowest BCUT2D eigenvalue weighted by Crippen LogP contribution is -2.45. The number of aromatic nitrogens is 2. The summed E-state index contributed by atoms with van der Waals surface area (Å²) in [5.41, 5.74) is -0.540. The van der Waals surface area contributed by atoms with Gasteiger partial charge in [0, 0.05) is 18.9 Å². The number of likely N-dealkylation sites (tertiary alicyclic amines) is 1. The predicted octanol–water partition coefficient (Wildman–Crippen LogP) is 1.78. The summed E-state index contributed by atoms with van der Waals surface area (Å²) in [7, 11) is 0. The van der Waals surface area contributed by atoms with E-state index in [1.54, 1.807) is 35.0 Å². The Morgan fingerprint density at radius 1 is 1.38 bits per heavy atom. The quantitative estimate of drug-likeness (QED) is 0.797. The minimum atomic E-state index is -0.540. The third-order valence-electron chi connectivity index (χ3n) is 3.49. The van der Waals surface area contributed by atoms with Crippen molar-refractivity contribution in [2.45, 2.75) is 58.2 Å². The number of ether oxygens (including phenoxy) is 1. The van der Waals surface area contributed by atoms with Crippen LogP contribution in [-0.4, -0.2) is 44.7 Å². The molecule has 1 aromatic heterocycles. The number of nitrogens with zero attached hydrogens (tertiary/aromatic N) is 3. The average molecular weight is 293 g/mol. The van der Waals surface area contributed by atoms with Gasteiger partial charge in [0.15, 0.2) is 0 Å². The summed E-state index contributed by atoms with van der Waals surface area (Å²) in [5.74, 6) is -0.409. The zero-order valence-electron chi connectivity index (χ0n) is 13.1. The van der Waals surface area contributed by atoms with Crippen LogP contribution in [0.3, 0.4) is 0 Å². The molecule has 0 aliphatic carbocycles. The van der Waals surface area contributed by atoms with Gasteiger partial charge in [0.2, 0.25) is 5.91 Å². The maximum atomic E-state index is 12.6. The second kappa shape index (κ2) is 5.87. The van der Waals surface area contributed by atoms with Crippen molar-refractivity contribution in [1.82, 2.24) is 14.7 Å². The van der Waals surface area contributed by atoms with Crippen molar-refractivity contribution < 1.29 is 14.3 Å². The largest absolute Gasteiger partial charge is 0.458 e. The molecule has 6 nitrogen and oxygen atoms in total. The standard InChI is InChI=1S/C15H23N3O3/c1-11(18-10-6-8-16-18)13(19)17-9-5-7-12(17)14(20)21-15(2,3)4/h6,8,10-12H,5,7,9H2,1-4H3/t11?,12-/m0/s1. The van der Waals surface area contributed by atoms with Gasteiger partial charge in [-0.2, -0.15) is 5.10 Å². The summed E-state index contributed by atoms with van der Waals surface area (Å²) in [6.45, 7) is 7.88. The minimum Gasteiger partial charge on any atom is -0.458 e. The molecular formula is C15H23N3O3. The molecule has 1 aliphatic heterocycles. The van der Waals surface area contributed by atoms with Gasteiger partial charge in [-0.05, 0) is 46.6 Å². The summed E-state index contributed by atoms with van der Waals surface area (Å²) in [6, 6.07) is 0.886. The zero-order valence-corrected chi connectivity index (χ0v) is 13.1. The second-order valence-corrected chi connectivity index (χ2v) is 6.39. The first-order valence-electron chi connectivity index (χ1n) is 7.32. The molecule has 2 atom stereocenters. The van der Waals surface area contributed by atoms with Crippen LogP contribution >= 0.6 is 0 Å². The topological polar surface area (TPSA) is 64.4 Å². The van der Waals surface area contributed by atoms with Crippen LogP contribution in [0.1, 0.15) is 46.6 Å². The van der Waals surface area contributed by atoms with Crippen molar-refractivity contribution in [3.05, 3.63) is 18.5 Å². The Bertz CT molecular complexity index is 505. The summed E-state index contributed by atoms with van der Waals surface area (Å²) < 4.78 is 7.02. The smallest absolute Gasteiger partial charge is 0.329 e. The van der Waals surface area contributed by atoms with Crippen LogP contribution < -0.4 is 0 Å². The minimum absolute atomic E-state index is 0.0907. The lowest BCUT2D eigenvalue weighted by Gasteiger charge is -2.29. The van der Waals surface area contributed by atoms with E-state index in [0.29, 0.717) is 13.0 Å².